The van der Waals surface area contributed by atoms with Crippen LogP contribution in [0.3, 0.4) is 0 Å². The minimum absolute atomic E-state index is 0.0792. The highest BCUT2D eigenvalue weighted by atomic mass is 79.9. The highest BCUT2D eigenvalue weighted by molar-refractivity contribution is 9.10. The maximum atomic E-state index is 11.2. The van der Waals surface area contributed by atoms with E-state index in [2.05, 4.69) is 15.9 Å². The van der Waals surface area contributed by atoms with Crippen molar-refractivity contribution in [2.24, 2.45) is 0 Å². The zero-order valence-corrected chi connectivity index (χ0v) is 9.55. The third-order valence-corrected chi connectivity index (χ3v) is 2.54. The number of Topliss-reactive ketones (excluding diaryl/α,β-unsaturated/α-hetero) is 1. The van der Waals surface area contributed by atoms with E-state index in [0.717, 1.165) is 15.7 Å². The van der Waals surface area contributed by atoms with E-state index in [1.807, 2.05) is 37.2 Å². The number of anilines is 1. The summed E-state index contributed by atoms with van der Waals surface area (Å²) in [7, 11) is 3.90. The van der Waals surface area contributed by atoms with Crippen LogP contribution in [0.15, 0.2) is 22.7 Å². The van der Waals surface area contributed by atoms with Gasteiger partial charge in [0, 0.05) is 29.8 Å². The molecule has 1 rings (SSSR count). The van der Waals surface area contributed by atoms with Crippen LogP contribution in [0, 0.1) is 0 Å². The van der Waals surface area contributed by atoms with Crippen molar-refractivity contribution in [3.8, 4) is 0 Å². The van der Waals surface area contributed by atoms with Crippen molar-refractivity contribution in [2.75, 3.05) is 19.0 Å². The fourth-order valence-corrected chi connectivity index (χ4v) is 1.59. The van der Waals surface area contributed by atoms with E-state index in [1.165, 1.54) is 0 Å². The van der Waals surface area contributed by atoms with Crippen LogP contribution < -0.4 is 4.90 Å². The Bertz CT molecular complexity index is 334. The van der Waals surface area contributed by atoms with Crippen LogP contribution in [-0.2, 0) is 0 Å². The Morgan fingerprint density at radius 2 is 2.00 bits per heavy atom. The highest BCUT2D eigenvalue weighted by Crippen LogP contribution is 2.22. The molecule has 0 saturated heterocycles. The van der Waals surface area contributed by atoms with E-state index >= 15 is 0 Å². The summed E-state index contributed by atoms with van der Waals surface area (Å²) in [6, 6.07) is 5.75. The number of hydrogen-bond donors (Lipinski definition) is 0. The Labute approximate surface area is 86.7 Å². The van der Waals surface area contributed by atoms with Crippen LogP contribution in [0.5, 0.6) is 0 Å². The van der Waals surface area contributed by atoms with Crippen LogP contribution in [0.4, 0.5) is 5.69 Å². The second-order valence-electron chi connectivity index (χ2n) is 3.11. The Balaban J connectivity index is 3.19. The average Bonchev–Trinajstić information content (AvgIpc) is 2.04. The van der Waals surface area contributed by atoms with Gasteiger partial charge in [0.25, 0.3) is 0 Å². The molecule has 0 heterocycles. The summed E-state index contributed by atoms with van der Waals surface area (Å²) in [5.41, 5.74) is 1.76. The fourth-order valence-electron chi connectivity index (χ4n) is 1.06. The third-order valence-electron chi connectivity index (χ3n) is 1.85. The van der Waals surface area contributed by atoms with Gasteiger partial charge < -0.3 is 4.90 Å². The predicted octanol–water partition coefficient (Wildman–Crippen LogP) is 2.72. The maximum absolute atomic E-state index is 11.2. The average molecular weight is 242 g/mol. The second-order valence-corrected chi connectivity index (χ2v) is 3.97. The van der Waals surface area contributed by atoms with Gasteiger partial charge in [0.15, 0.2) is 5.78 Å². The second kappa shape index (κ2) is 3.92. The monoisotopic (exact) mass is 241 g/mol. The lowest BCUT2D eigenvalue weighted by atomic mass is 10.1. The normalized spacial score (nSPS) is 9.85. The summed E-state index contributed by atoms with van der Waals surface area (Å²) in [5, 5.41) is 0. The topological polar surface area (TPSA) is 20.3 Å². The molecule has 0 unspecified atom stereocenters. The quantitative estimate of drug-likeness (QED) is 0.743. The zero-order valence-electron chi connectivity index (χ0n) is 7.97. The minimum Gasteiger partial charge on any atom is -0.378 e. The molecule has 70 valence electrons. The largest absolute Gasteiger partial charge is 0.378 e. The SMILES string of the molecule is CC(=O)c1cc(N(C)C)ccc1Br. The minimum atomic E-state index is 0.0792. The van der Waals surface area contributed by atoms with Crippen molar-refractivity contribution < 1.29 is 4.79 Å². The number of rotatable bonds is 2. The van der Waals surface area contributed by atoms with Gasteiger partial charge in [-0.05, 0) is 25.1 Å². The first-order valence-corrected chi connectivity index (χ1v) is 4.79. The standard InChI is InChI=1S/C10H12BrNO/c1-7(13)9-6-8(12(2)3)4-5-10(9)11/h4-6H,1-3H3. The Morgan fingerprint density at radius 1 is 1.38 bits per heavy atom. The fraction of sp³-hybridized carbons (Fsp3) is 0.300. The van der Waals surface area contributed by atoms with E-state index in [9.17, 15) is 4.79 Å². The molecule has 0 aliphatic carbocycles. The molecule has 0 amide bonds. The molecule has 2 nitrogen and oxygen atoms in total. The first kappa shape index (κ1) is 10.3. The molecule has 0 N–H and O–H groups in total. The van der Waals surface area contributed by atoms with Crippen LogP contribution in [0.1, 0.15) is 17.3 Å². The van der Waals surface area contributed by atoms with Crippen LogP contribution in [-0.4, -0.2) is 19.9 Å². The Morgan fingerprint density at radius 3 is 2.46 bits per heavy atom. The maximum Gasteiger partial charge on any atom is 0.161 e. The van der Waals surface area contributed by atoms with Gasteiger partial charge in [-0.15, -0.1) is 0 Å². The molecule has 0 aliphatic rings. The van der Waals surface area contributed by atoms with E-state index in [4.69, 9.17) is 0 Å². The highest BCUT2D eigenvalue weighted by Gasteiger charge is 2.06. The summed E-state index contributed by atoms with van der Waals surface area (Å²) in [6.45, 7) is 1.57. The van der Waals surface area contributed by atoms with Gasteiger partial charge in [0.1, 0.15) is 0 Å². The summed E-state index contributed by atoms with van der Waals surface area (Å²) in [4.78, 5) is 13.2. The molecular weight excluding hydrogens is 230 g/mol. The van der Waals surface area contributed by atoms with E-state index in [1.54, 1.807) is 6.92 Å². The molecule has 0 atom stereocenters. The summed E-state index contributed by atoms with van der Waals surface area (Å²) in [5.74, 6) is 0.0792. The zero-order chi connectivity index (χ0) is 10.0. The van der Waals surface area contributed by atoms with E-state index < -0.39 is 0 Å². The first-order chi connectivity index (χ1) is 6.02. The molecule has 1 aromatic rings. The van der Waals surface area contributed by atoms with Crippen molar-refractivity contribution in [3.63, 3.8) is 0 Å². The third kappa shape index (κ3) is 2.31. The molecule has 0 bridgehead atoms. The first-order valence-electron chi connectivity index (χ1n) is 4.00. The molecule has 0 spiro atoms. The molecule has 0 fully saturated rings. The van der Waals surface area contributed by atoms with Gasteiger partial charge in [-0.2, -0.15) is 0 Å². The van der Waals surface area contributed by atoms with Gasteiger partial charge in [-0.3, -0.25) is 4.79 Å². The lowest BCUT2D eigenvalue weighted by Gasteiger charge is -2.13. The molecule has 0 aromatic heterocycles. The number of halogens is 1. The Hall–Kier alpha value is -0.830. The van der Waals surface area contributed by atoms with Gasteiger partial charge in [-0.25, -0.2) is 0 Å². The van der Waals surface area contributed by atoms with Crippen molar-refractivity contribution in [2.45, 2.75) is 6.92 Å². The summed E-state index contributed by atoms with van der Waals surface area (Å²) < 4.78 is 0.852. The van der Waals surface area contributed by atoms with Crippen LogP contribution >= 0.6 is 15.9 Å². The number of carbonyl (C=O) groups is 1. The van der Waals surface area contributed by atoms with Gasteiger partial charge >= 0.3 is 0 Å². The molecule has 0 aliphatic heterocycles. The molecule has 13 heavy (non-hydrogen) atoms. The van der Waals surface area contributed by atoms with E-state index in [-0.39, 0.29) is 5.78 Å². The Kier molecular flexibility index (Phi) is 3.09. The van der Waals surface area contributed by atoms with Gasteiger partial charge in [-0.1, -0.05) is 15.9 Å². The number of hydrogen-bond acceptors (Lipinski definition) is 2. The van der Waals surface area contributed by atoms with Crippen molar-refractivity contribution in [1.82, 2.24) is 0 Å². The van der Waals surface area contributed by atoms with E-state index in [0.29, 0.717) is 0 Å². The number of nitrogens with zero attached hydrogens (tertiary/aromatic N) is 1. The summed E-state index contributed by atoms with van der Waals surface area (Å²) in [6.07, 6.45) is 0. The van der Waals surface area contributed by atoms with Crippen molar-refractivity contribution in [1.29, 1.82) is 0 Å². The molecule has 0 radical (unpaired) electrons. The van der Waals surface area contributed by atoms with Crippen LogP contribution in [0.2, 0.25) is 0 Å². The molecular formula is C10H12BrNO. The van der Waals surface area contributed by atoms with Gasteiger partial charge in [0.2, 0.25) is 0 Å². The number of ketones is 1. The van der Waals surface area contributed by atoms with Gasteiger partial charge in [0.05, 0.1) is 0 Å². The molecule has 0 saturated carbocycles. The van der Waals surface area contributed by atoms with Crippen molar-refractivity contribution in [3.05, 3.63) is 28.2 Å². The summed E-state index contributed by atoms with van der Waals surface area (Å²) >= 11 is 3.34. The molecule has 1 aromatic carbocycles. The lowest BCUT2D eigenvalue weighted by molar-refractivity contribution is 0.101. The predicted molar refractivity (Wildman–Crippen MR) is 58.5 cm³/mol. The van der Waals surface area contributed by atoms with Crippen LogP contribution in [0.25, 0.3) is 0 Å². The number of carbonyl (C=O) groups excluding carboxylic acids is 1. The number of benzene rings is 1. The smallest absolute Gasteiger partial charge is 0.161 e. The lowest BCUT2D eigenvalue weighted by Crippen LogP contribution is -2.09. The molecule has 3 heteroatoms. The van der Waals surface area contributed by atoms with Crippen molar-refractivity contribution >= 4 is 27.4 Å².